The molecule has 1 amide bonds. The van der Waals surface area contributed by atoms with E-state index < -0.39 is 5.91 Å². The Bertz CT molecular complexity index is 923. The molecule has 0 unspecified atom stereocenters. The third-order valence-electron chi connectivity index (χ3n) is 3.45. The van der Waals surface area contributed by atoms with E-state index in [9.17, 15) is 9.59 Å². The Balaban J connectivity index is 1.68. The van der Waals surface area contributed by atoms with Gasteiger partial charge < -0.3 is 14.4 Å². The van der Waals surface area contributed by atoms with Crippen LogP contribution in [-0.2, 0) is 20.1 Å². The number of pyridine rings is 1. The highest BCUT2D eigenvalue weighted by atomic mass is 16.5. The number of rotatable bonds is 5. The van der Waals surface area contributed by atoms with E-state index in [1.807, 2.05) is 6.92 Å². The summed E-state index contributed by atoms with van der Waals surface area (Å²) in [6, 6.07) is 3.10. The summed E-state index contributed by atoms with van der Waals surface area (Å²) in [6.07, 6.45) is 5.03. The Kier molecular flexibility index (Phi) is 4.23. The number of nitrogens with one attached hydrogen (secondary N) is 1. The highest BCUT2D eigenvalue weighted by Crippen LogP contribution is 2.14. The second-order valence-corrected chi connectivity index (χ2v) is 5.12. The number of hydrogen-bond acceptors (Lipinski definition) is 6. The monoisotopic (exact) mass is 328 g/mol. The van der Waals surface area contributed by atoms with Crippen molar-refractivity contribution >= 4 is 5.91 Å². The van der Waals surface area contributed by atoms with Gasteiger partial charge in [-0.15, -0.1) is 0 Å². The Morgan fingerprint density at radius 3 is 3.00 bits per heavy atom. The number of nitrogens with zero attached hydrogens (tertiary/aromatic N) is 5. The van der Waals surface area contributed by atoms with Gasteiger partial charge in [0.15, 0.2) is 0 Å². The zero-order chi connectivity index (χ0) is 17.1. The fraction of sp³-hybridized carbons (Fsp3) is 0.267. The summed E-state index contributed by atoms with van der Waals surface area (Å²) in [4.78, 5) is 28.2. The molecule has 0 saturated carbocycles. The highest BCUT2D eigenvalue weighted by Gasteiger charge is 2.14. The summed E-state index contributed by atoms with van der Waals surface area (Å²) in [6.45, 7) is 2.75. The zero-order valence-corrected chi connectivity index (χ0v) is 13.3. The minimum Gasteiger partial charge on any atom is -0.343 e. The van der Waals surface area contributed by atoms with E-state index in [0.717, 1.165) is 12.1 Å². The van der Waals surface area contributed by atoms with Crippen molar-refractivity contribution in [2.24, 2.45) is 7.05 Å². The predicted octanol–water partition coefficient (Wildman–Crippen LogP) is 0.582. The van der Waals surface area contributed by atoms with E-state index in [4.69, 9.17) is 4.52 Å². The number of carbonyl (C=O) groups excluding carboxylic acids is 1. The molecule has 3 aromatic heterocycles. The van der Waals surface area contributed by atoms with Gasteiger partial charge in [-0.05, 0) is 19.1 Å². The van der Waals surface area contributed by atoms with Gasteiger partial charge in [-0.3, -0.25) is 14.3 Å². The minimum absolute atomic E-state index is 0.0335. The Morgan fingerprint density at radius 1 is 1.42 bits per heavy atom. The number of aromatic nitrogens is 5. The molecule has 3 rings (SSSR count). The van der Waals surface area contributed by atoms with Crippen molar-refractivity contribution in [1.82, 2.24) is 29.8 Å². The average molecular weight is 328 g/mol. The standard InChI is InChI=1S/C15H16N6O3/c1-3-21-9-10(7-17-21)13-18-12(24-19-13)8-16-14(22)11-5-4-6-20(2)15(11)23/h4-7,9H,3,8H2,1-2H3,(H,16,22). The first-order valence-corrected chi connectivity index (χ1v) is 7.37. The molecule has 0 radical (unpaired) electrons. The molecule has 0 saturated heterocycles. The summed E-state index contributed by atoms with van der Waals surface area (Å²) >= 11 is 0. The molecule has 0 fully saturated rings. The summed E-state index contributed by atoms with van der Waals surface area (Å²) in [5.41, 5.74) is 0.423. The third-order valence-corrected chi connectivity index (χ3v) is 3.45. The molecule has 9 nitrogen and oxygen atoms in total. The van der Waals surface area contributed by atoms with E-state index in [0.29, 0.717) is 5.82 Å². The van der Waals surface area contributed by atoms with Crippen LogP contribution in [0.2, 0.25) is 0 Å². The van der Waals surface area contributed by atoms with Crippen LogP contribution in [0.1, 0.15) is 23.2 Å². The number of amides is 1. The summed E-state index contributed by atoms with van der Waals surface area (Å²) in [7, 11) is 1.58. The molecule has 0 aromatic carbocycles. The fourth-order valence-corrected chi connectivity index (χ4v) is 2.12. The molecule has 24 heavy (non-hydrogen) atoms. The van der Waals surface area contributed by atoms with Gasteiger partial charge in [-0.25, -0.2) is 0 Å². The molecule has 3 aromatic rings. The molecule has 0 aliphatic carbocycles. The molecule has 0 aliphatic rings. The lowest BCUT2D eigenvalue weighted by molar-refractivity contribution is 0.0944. The smallest absolute Gasteiger partial charge is 0.263 e. The lowest BCUT2D eigenvalue weighted by Gasteiger charge is -2.03. The van der Waals surface area contributed by atoms with E-state index >= 15 is 0 Å². The van der Waals surface area contributed by atoms with Crippen LogP contribution < -0.4 is 10.9 Å². The SMILES string of the molecule is CCn1cc(-c2noc(CNC(=O)c3cccn(C)c3=O)n2)cn1. The van der Waals surface area contributed by atoms with Crippen molar-refractivity contribution < 1.29 is 9.32 Å². The molecular formula is C15H16N6O3. The normalized spacial score (nSPS) is 10.8. The van der Waals surface area contributed by atoms with Crippen LogP contribution in [0.15, 0.2) is 40.0 Å². The van der Waals surface area contributed by atoms with Gasteiger partial charge in [0, 0.05) is 26.0 Å². The van der Waals surface area contributed by atoms with Crippen molar-refractivity contribution in [2.45, 2.75) is 20.0 Å². The molecule has 124 valence electrons. The van der Waals surface area contributed by atoms with Crippen molar-refractivity contribution in [1.29, 1.82) is 0 Å². The van der Waals surface area contributed by atoms with E-state index in [1.54, 1.807) is 36.4 Å². The average Bonchev–Trinajstić information content (AvgIpc) is 3.23. The lowest BCUT2D eigenvalue weighted by atomic mass is 10.2. The second kappa shape index (κ2) is 6.49. The Morgan fingerprint density at radius 2 is 2.25 bits per heavy atom. The summed E-state index contributed by atoms with van der Waals surface area (Å²) in [5, 5.41) is 10.6. The van der Waals surface area contributed by atoms with Gasteiger partial charge in [0.1, 0.15) is 5.56 Å². The molecule has 0 aliphatic heterocycles. The van der Waals surface area contributed by atoms with Crippen LogP contribution in [0.5, 0.6) is 0 Å². The molecule has 0 spiro atoms. The maximum atomic E-state index is 12.1. The molecule has 1 N–H and O–H groups in total. The number of hydrogen-bond donors (Lipinski definition) is 1. The number of aryl methyl sites for hydroxylation is 2. The summed E-state index contributed by atoms with van der Waals surface area (Å²) < 4.78 is 8.19. The fourth-order valence-electron chi connectivity index (χ4n) is 2.12. The molecule has 0 atom stereocenters. The van der Waals surface area contributed by atoms with Crippen LogP contribution in [0.3, 0.4) is 0 Å². The van der Waals surface area contributed by atoms with Gasteiger partial charge in [-0.1, -0.05) is 5.16 Å². The largest absolute Gasteiger partial charge is 0.343 e. The summed E-state index contributed by atoms with van der Waals surface area (Å²) in [5.74, 6) is 0.152. The highest BCUT2D eigenvalue weighted by molar-refractivity contribution is 5.93. The third kappa shape index (κ3) is 3.09. The van der Waals surface area contributed by atoms with Crippen LogP contribution in [0.25, 0.3) is 11.4 Å². The first kappa shape index (κ1) is 15.7. The van der Waals surface area contributed by atoms with Crippen LogP contribution in [0.4, 0.5) is 0 Å². The van der Waals surface area contributed by atoms with Crippen LogP contribution >= 0.6 is 0 Å². The molecule has 0 bridgehead atoms. The first-order chi connectivity index (χ1) is 11.6. The van der Waals surface area contributed by atoms with Crippen molar-refractivity contribution in [3.63, 3.8) is 0 Å². The van der Waals surface area contributed by atoms with Gasteiger partial charge in [0.05, 0.1) is 18.3 Å². The molecule has 3 heterocycles. The Labute approximate surface area is 136 Å². The lowest BCUT2D eigenvalue weighted by Crippen LogP contribution is -2.31. The number of carbonyl (C=O) groups is 1. The quantitative estimate of drug-likeness (QED) is 0.734. The van der Waals surface area contributed by atoms with Crippen molar-refractivity contribution in [2.75, 3.05) is 0 Å². The Hall–Kier alpha value is -3.23. The molecule has 9 heteroatoms. The van der Waals surface area contributed by atoms with Crippen molar-refractivity contribution in [3.05, 3.63) is 52.5 Å². The van der Waals surface area contributed by atoms with E-state index in [1.165, 1.54) is 10.6 Å². The van der Waals surface area contributed by atoms with E-state index in [2.05, 4.69) is 20.6 Å². The maximum absolute atomic E-state index is 12.1. The second-order valence-electron chi connectivity index (χ2n) is 5.12. The van der Waals surface area contributed by atoms with E-state index in [-0.39, 0.29) is 23.6 Å². The predicted molar refractivity (Wildman–Crippen MR) is 84.0 cm³/mol. The van der Waals surface area contributed by atoms with Gasteiger partial charge in [0.25, 0.3) is 11.5 Å². The van der Waals surface area contributed by atoms with Crippen LogP contribution in [-0.4, -0.2) is 30.4 Å². The first-order valence-electron chi connectivity index (χ1n) is 7.37. The minimum atomic E-state index is -0.491. The zero-order valence-electron chi connectivity index (χ0n) is 13.3. The maximum Gasteiger partial charge on any atom is 0.263 e. The molecular weight excluding hydrogens is 312 g/mol. The van der Waals surface area contributed by atoms with Gasteiger partial charge in [0.2, 0.25) is 11.7 Å². The van der Waals surface area contributed by atoms with Gasteiger partial charge >= 0.3 is 0 Å². The van der Waals surface area contributed by atoms with Gasteiger partial charge in [-0.2, -0.15) is 10.1 Å². The van der Waals surface area contributed by atoms with Crippen LogP contribution in [0, 0.1) is 0 Å². The van der Waals surface area contributed by atoms with Crippen molar-refractivity contribution in [3.8, 4) is 11.4 Å². The topological polar surface area (TPSA) is 108 Å².